The Balaban J connectivity index is 1.88. The van der Waals surface area contributed by atoms with Crippen LogP contribution in [0.3, 0.4) is 0 Å². The predicted molar refractivity (Wildman–Crippen MR) is 79.0 cm³/mol. The number of methoxy groups -OCH3 is 1. The largest absolute Gasteiger partial charge is 0.504 e. The molecule has 1 atom stereocenters. The third kappa shape index (κ3) is 3.98. The summed E-state index contributed by atoms with van der Waals surface area (Å²) in [6.07, 6.45) is 1.03. The summed E-state index contributed by atoms with van der Waals surface area (Å²) < 4.78 is 5.10. The topological polar surface area (TPSA) is 41.5 Å². The van der Waals surface area contributed by atoms with Crippen LogP contribution in [0.2, 0.25) is 0 Å². The fourth-order valence-electron chi connectivity index (χ4n) is 1.96. The van der Waals surface area contributed by atoms with E-state index in [9.17, 15) is 5.11 Å². The molecule has 1 aromatic heterocycles. The molecule has 0 spiro atoms. The second-order valence-corrected chi connectivity index (χ2v) is 5.40. The molecule has 0 saturated carbocycles. The Morgan fingerprint density at radius 2 is 2.16 bits per heavy atom. The van der Waals surface area contributed by atoms with Crippen LogP contribution in [0.5, 0.6) is 11.5 Å². The smallest absolute Gasteiger partial charge is 0.160 e. The van der Waals surface area contributed by atoms with Gasteiger partial charge >= 0.3 is 0 Å². The van der Waals surface area contributed by atoms with E-state index in [4.69, 9.17) is 4.74 Å². The molecule has 0 amide bonds. The first-order valence-electron chi connectivity index (χ1n) is 6.29. The van der Waals surface area contributed by atoms with Crippen molar-refractivity contribution in [1.82, 2.24) is 5.32 Å². The van der Waals surface area contributed by atoms with E-state index in [1.54, 1.807) is 24.5 Å². The molecular formula is C15H19NO2S. The quantitative estimate of drug-likeness (QED) is 0.852. The van der Waals surface area contributed by atoms with Gasteiger partial charge in [0.2, 0.25) is 0 Å². The second kappa shape index (κ2) is 6.59. The first-order valence-corrected chi connectivity index (χ1v) is 7.23. The lowest BCUT2D eigenvalue weighted by molar-refractivity contribution is 0.372. The standard InChI is InChI=1S/C15H19NO2S/c1-11(7-13-5-6-19-10-13)16-9-12-3-4-14(17)15(8-12)18-2/h3-6,8,10-11,16-17H,7,9H2,1-2H3. The van der Waals surface area contributed by atoms with Crippen molar-refractivity contribution < 1.29 is 9.84 Å². The van der Waals surface area contributed by atoms with Crippen molar-refractivity contribution >= 4 is 11.3 Å². The molecular weight excluding hydrogens is 258 g/mol. The molecule has 1 heterocycles. The fourth-order valence-corrected chi connectivity index (χ4v) is 2.64. The van der Waals surface area contributed by atoms with Gasteiger partial charge in [-0.3, -0.25) is 0 Å². The Labute approximate surface area is 117 Å². The lowest BCUT2D eigenvalue weighted by atomic mass is 10.1. The minimum Gasteiger partial charge on any atom is -0.504 e. The van der Waals surface area contributed by atoms with Crippen LogP contribution in [-0.2, 0) is 13.0 Å². The Hall–Kier alpha value is -1.52. The van der Waals surface area contributed by atoms with Crippen molar-refractivity contribution in [2.75, 3.05) is 7.11 Å². The molecule has 0 bridgehead atoms. The molecule has 1 unspecified atom stereocenters. The number of aromatic hydroxyl groups is 1. The van der Waals surface area contributed by atoms with E-state index in [1.807, 2.05) is 12.1 Å². The van der Waals surface area contributed by atoms with E-state index in [2.05, 4.69) is 29.1 Å². The van der Waals surface area contributed by atoms with Gasteiger partial charge in [0.05, 0.1) is 7.11 Å². The van der Waals surface area contributed by atoms with E-state index in [1.165, 1.54) is 5.56 Å². The molecule has 0 aliphatic rings. The molecule has 0 radical (unpaired) electrons. The Bertz CT molecular complexity index is 511. The van der Waals surface area contributed by atoms with Crippen LogP contribution >= 0.6 is 11.3 Å². The Kier molecular flexibility index (Phi) is 4.82. The van der Waals surface area contributed by atoms with Gasteiger partial charge < -0.3 is 15.2 Å². The third-order valence-electron chi connectivity index (χ3n) is 3.02. The zero-order chi connectivity index (χ0) is 13.7. The molecule has 4 heteroatoms. The third-order valence-corrected chi connectivity index (χ3v) is 3.75. The summed E-state index contributed by atoms with van der Waals surface area (Å²) in [5, 5.41) is 17.3. The van der Waals surface area contributed by atoms with Crippen molar-refractivity contribution in [1.29, 1.82) is 0 Å². The molecule has 102 valence electrons. The summed E-state index contributed by atoms with van der Waals surface area (Å²) >= 11 is 1.73. The van der Waals surface area contributed by atoms with Crippen LogP contribution in [0.15, 0.2) is 35.0 Å². The van der Waals surface area contributed by atoms with Crippen LogP contribution in [0.4, 0.5) is 0 Å². The summed E-state index contributed by atoms with van der Waals surface area (Å²) in [6, 6.07) is 8.00. The van der Waals surface area contributed by atoms with Crippen molar-refractivity contribution in [3.8, 4) is 11.5 Å². The summed E-state index contributed by atoms with van der Waals surface area (Å²) in [5.41, 5.74) is 2.47. The number of ether oxygens (including phenoxy) is 1. The van der Waals surface area contributed by atoms with E-state index in [0.717, 1.165) is 18.5 Å². The average Bonchev–Trinajstić information content (AvgIpc) is 2.90. The Morgan fingerprint density at radius 3 is 2.84 bits per heavy atom. The zero-order valence-corrected chi connectivity index (χ0v) is 12.0. The summed E-state index contributed by atoms with van der Waals surface area (Å²) in [5.74, 6) is 0.697. The maximum absolute atomic E-state index is 9.54. The number of phenolic OH excluding ortho intramolecular Hbond substituents is 1. The minimum atomic E-state index is 0.178. The number of hydrogen-bond acceptors (Lipinski definition) is 4. The molecule has 0 fully saturated rings. The monoisotopic (exact) mass is 277 g/mol. The highest BCUT2D eigenvalue weighted by molar-refractivity contribution is 7.07. The zero-order valence-electron chi connectivity index (χ0n) is 11.2. The van der Waals surface area contributed by atoms with Gasteiger partial charge in [-0.2, -0.15) is 11.3 Å². The second-order valence-electron chi connectivity index (χ2n) is 4.62. The number of thiophene rings is 1. The first-order chi connectivity index (χ1) is 9.19. The number of rotatable bonds is 6. The number of benzene rings is 1. The minimum absolute atomic E-state index is 0.178. The maximum Gasteiger partial charge on any atom is 0.160 e. The van der Waals surface area contributed by atoms with E-state index >= 15 is 0 Å². The van der Waals surface area contributed by atoms with Gasteiger partial charge in [0.25, 0.3) is 0 Å². The average molecular weight is 277 g/mol. The van der Waals surface area contributed by atoms with Gasteiger partial charge in [-0.05, 0) is 53.4 Å². The van der Waals surface area contributed by atoms with Crippen molar-refractivity contribution in [3.05, 3.63) is 46.2 Å². The van der Waals surface area contributed by atoms with Gasteiger partial charge in [-0.1, -0.05) is 6.07 Å². The molecule has 1 aromatic carbocycles. The van der Waals surface area contributed by atoms with Gasteiger partial charge in [0, 0.05) is 12.6 Å². The lowest BCUT2D eigenvalue weighted by Gasteiger charge is -2.14. The van der Waals surface area contributed by atoms with Gasteiger partial charge in [-0.15, -0.1) is 0 Å². The van der Waals surface area contributed by atoms with Gasteiger partial charge in [0.1, 0.15) is 0 Å². The highest BCUT2D eigenvalue weighted by atomic mass is 32.1. The number of hydrogen-bond donors (Lipinski definition) is 2. The van der Waals surface area contributed by atoms with Crippen LogP contribution in [-0.4, -0.2) is 18.3 Å². The highest BCUT2D eigenvalue weighted by Crippen LogP contribution is 2.26. The van der Waals surface area contributed by atoms with Crippen LogP contribution in [0, 0.1) is 0 Å². The molecule has 2 N–H and O–H groups in total. The van der Waals surface area contributed by atoms with Crippen molar-refractivity contribution in [2.24, 2.45) is 0 Å². The van der Waals surface area contributed by atoms with E-state index in [0.29, 0.717) is 11.8 Å². The van der Waals surface area contributed by atoms with Gasteiger partial charge in [-0.25, -0.2) is 0 Å². The summed E-state index contributed by atoms with van der Waals surface area (Å²) in [4.78, 5) is 0. The maximum atomic E-state index is 9.54. The van der Waals surface area contributed by atoms with Crippen molar-refractivity contribution in [3.63, 3.8) is 0 Å². The Morgan fingerprint density at radius 1 is 1.32 bits per heavy atom. The first kappa shape index (κ1) is 13.9. The van der Waals surface area contributed by atoms with Crippen LogP contribution < -0.4 is 10.1 Å². The number of phenols is 1. The molecule has 2 aromatic rings. The molecule has 0 aliphatic carbocycles. The van der Waals surface area contributed by atoms with Crippen molar-refractivity contribution in [2.45, 2.75) is 25.9 Å². The molecule has 19 heavy (non-hydrogen) atoms. The fraction of sp³-hybridized carbons (Fsp3) is 0.333. The van der Waals surface area contributed by atoms with Crippen LogP contribution in [0.1, 0.15) is 18.1 Å². The van der Waals surface area contributed by atoms with Gasteiger partial charge in [0.15, 0.2) is 11.5 Å². The molecule has 2 rings (SSSR count). The van der Waals surface area contributed by atoms with Crippen LogP contribution in [0.25, 0.3) is 0 Å². The highest BCUT2D eigenvalue weighted by Gasteiger charge is 2.06. The lowest BCUT2D eigenvalue weighted by Crippen LogP contribution is -2.27. The number of nitrogens with one attached hydrogen (secondary N) is 1. The van der Waals surface area contributed by atoms with E-state index in [-0.39, 0.29) is 5.75 Å². The van der Waals surface area contributed by atoms with E-state index < -0.39 is 0 Å². The summed E-state index contributed by atoms with van der Waals surface area (Å²) in [6.45, 7) is 2.94. The SMILES string of the molecule is COc1cc(CNC(C)Cc2ccsc2)ccc1O. The molecule has 0 saturated heterocycles. The molecule has 3 nitrogen and oxygen atoms in total. The normalized spacial score (nSPS) is 12.3. The predicted octanol–water partition coefficient (Wildman–Crippen LogP) is 3.18. The molecule has 0 aliphatic heterocycles. The summed E-state index contributed by atoms with van der Waals surface area (Å²) in [7, 11) is 1.56.